The number of ether oxygens (including phenoxy) is 1. The fourth-order valence-electron chi connectivity index (χ4n) is 2.40. The molecule has 0 radical (unpaired) electrons. The molecule has 0 bridgehead atoms. The zero-order valence-corrected chi connectivity index (χ0v) is 13.9. The summed E-state index contributed by atoms with van der Waals surface area (Å²) in [6, 6.07) is 16.7. The highest BCUT2D eigenvalue weighted by molar-refractivity contribution is 5.77. The SMILES string of the molecule is O=C(COc1ccccc1F)NCC(O)c1ccc(-c2ccco2)cc1. The molecule has 1 aromatic heterocycles. The summed E-state index contributed by atoms with van der Waals surface area (Å²) in [6.45, 7) is -0.301. The van der Waals surface area contributed by atoms with Gasteiger partial charge in [-0.05, 0) is 29.8 Å². The van der Waals surface area contributed by atoms with Crippen molar-refractivity contribution in [2.45, 2.75) is 6.10 Å². The van der Waals surface area contributed by atoms with Crippen LogP contribution in [0.2, 0.25) is 0 Å². The van der Waals surface area contributed by atoms with Crippen molar-refractivity contribution in [2.24, 2.45) is 0 Å². The van der Waals surface area contributed by atoms with Crippen LogP contribution in [-0.2, 0) is 4.79 Å². The van der Waals surface area contributed by atoms with E-state index in [1.54, 1.807) is 30.5 Å². The Kier molecular flexibility index (Phi) is 5.66. The second-order valence-corrected chi connectivity index (χ2v) is 5.64. The topological polar surface area (TPSA) is 71.7 Å². The molecule has 0 spiro atoms. The van der Waals surface area contributed by atoms with Gasteiger partial charge in [0.15, 0.2) is 18.2 Å². The van der Waals surface area contributed by atoms with Crippen LogP contribution in [0, 0.1) is 5.82 Å². The molecule has 0 saturated heterocycles. The average Bonchev–Trinajstić information content (AvgIpc) is 3.20. The van der Waals surface area contributed by atoms with E-state index in [0.29, 0.717) is 5.56 Å². The highest BCUT2D eigenvalue weighted by Gasteiger charge is 2.11. The van der Waals surface area contributed by atoms with Gasteiger partial charge in [-0.25, -0.2) is 4.39 Å². The Bertz CT molecular complexity index is 847. The number of aliphatic hydroxyl groups is 1. The molecule has 0 fully saturated rings. The first-order valence-electron chi connectivity index (χ1n) is 8.09. The number of furan rings is 1. The number of benzene rings is 2. The van der Waals surface area contributed by atoms with Crippen LogP contribution < -0.4 is 10.1 Å². The minimum absolute atomic E-state index is 0.0108. The van der Waals surface area contributed by atoms with Crippen molar-refractivity contribution in [2.75, 3.05) is 13.2 Å². The fraction of sp³-hybridized carbons (Fsp3) is 0.150. The molecule has 26 heavy (non-hydrogen) atoms. The quantitative estimate of drug-likeness (QED) is 0.682. The van der Waals surface area contributed by atoms with Gasteiger partial charge in [-0.1, -0.05) is 36.4 Å². The van der Waals surface area contributed by atoms with Crippen LogP contribution in [0.15, 0.2) is 71.3 Å². The molecule has 1 atom stereocenters. The van der Waals surface area contributed by atoms with Crippen molar-refractivity contribution in [1.82, 2.24) is 5.32 Å². The van der Waals surface area contributed by atoms with Gasteiger partial charge in [0.1, 0.15) is 5.76 Å². The summed E-state index contributed by atoms with van der Waals surface area (Å²) in [5, 5.41) is 12.7. The number of hydrogen-bond donors (Lipinski definition) is 2. The van der Waals surface area contributed by atoms with E-state index in [4.69, 9.17) is 9.15 Å². The summed E-state index contributed by atoms with van der Waals surface area (Å²) in [5.41, 5.74) is 1.56. The molecule has 0 aliphatic heterocycles. The number of carbonyl (C=O) groups is 1. The molecule has 1 amide bonds. The molecule has 1 unspecified atom stereocenters. The summed E-state index contributed by atoms with van der Waals surface area (Å²) in [6.07, 6.45) is 0.731. The number of amides is 1. The molecule has 134 valence electrons. The van der Waals surface area contributed by atoms with Gasteiger partial charge in [0, 0.05) is 12.1 Å². The first-order chi connectivity index (χ1) is 12.6. The van der Waals surface area contributed by atoms with Crippen LogP contribution in [-0.4, -0.2) is 24.2 Å². The monoisotopic (exact) mass is 355 g/mol. The number of carbonyl (C=O) groups excluding carboxylic acids is 1. The van der Waals surface area contributed by atoms with Gasteiger partial charge in [-0.15, -0.1) is 0 Å². The molecule has 0 aliphatic carbocycles. The zero-order chi connectivity index (χ0) is 18.4. The van der Waals surface area contributed by atoms with Gasteiger partial charge in [0.05, 0.1) is 12.4 Å². The van der Waals surface area contributed by atoms with Gasteiger partial charge in [0.2, 0.25) is 0 Å². The van der Waals surface area contributed by atoms with Gasteiger partial charge in [0.25, 0.3) is 5.91 Å². The van der Waals surface area contributed by atoms with E-state index in [9.17, 15) is 14.3 Å². The van der Waals surface area contributed by atoms with Crippen molar-refractivity contribution >= 4 is 5.91 Å². The molecule has 3 aromatic rings. The third-order valence-corrected chi connectivity index (χ3v) is 3.79. The molecule has 3 rings (SSSR count). The van der Waals surface area contributed by atoms with E-state index in [2.05, 4.69) is 5.32 Å². The standard InChI is InChI=1S/C20H18FNO4/c21-16-4-1-2-5-19(16)26-13-20(24)22-12-17(23)14-7-9-15(10-8-14)18-6-3-11-25-18/h1-11,17,23H,12-13H2,(H,22,24). The van der Waals surface area contributed by atoms with Gasteiger partial charge in [-0.2, -0.15) is 0 Å². The summed E-state index contributed by atoms with van der Waals surface area (Å²) in [5.74, 6) is -0.224. The number of nitrogens with one attached hydrogen (secondary N) is 1. The first kappa shape index (κ1) is 17.7. The minimum atomic E-state index is -0.863. The Balaban J connectivity index is 1.48. The highest BCUT2D eigenvalue weighted by atomic mass is 19.1. The maximum atomic E-state index is 13.4. The highest BCUT2D eigenvalue weighted by Crippen LogP contribution is 2.22. The molecule has 2 aromatic carbocycles. The van der Waals surface area contributed by atoms with Crippen LogP contribution in [0.25, 0.3) is 11.3 Å². The van der Waals surface area contributed by atoms with Crippen LogP contribution in [0.5, 0.6) is 5.75 Å². The minimum Gasteiger partial charge on any atom is -0.481 e. The maximum absolute atomic E-state index is 13.4. The number of para-hydroxylation sites is 1. The van der Waals surface area contributed by atoms with Crippen molar-refractivity contribution in [1.29, 1.82) is 0 Å². The number of rotatable bonds is 7. The Morgan fingerprint density at radius 2 is 1.88 bits per heavy atom. The molecule has 5 nitrogen and oxygen atoms in total. The Morgan fingerprint density at radius 3 is 2.58 bits per heavy atom. The van der Waals surface area contributed by atoms with Crippen LogP contribution >= 0.6 is 0 Å². The Labute approximate surface area is 150 Å². The van der Waals surface area contributed by atoms with Crippen molar-refractivity contribution in [3.05, 3.63) is 78.3 Å². The van der Waals surface area contributed by atoms with E-state index in [0.717, 1.165) is 11.3 Å². The first-order valence-corrected chi connectivity index (χ1v) is 8.09. The van der Waals surface area contributed by atoms with E-state index >= 15 is 0 Å². The van der Waals surface area contributed by atoms with E-state index < -0.39 is 17.8 Å². The lowest BCUT2D eigenvalue weighted by Gasteiger charge is -2.13. The van der Waals surface area contributed by atoms with Crippen LogP contribution in [0.1, 0.15) is 11.7 Å². The molecule has 2 N–H and O–H groups in total. The zero-order valence-electron chi connectivity index (χ0n) is 13.9. The van der Waals surface area contributed by atoms with Crippen molar-refractivity contribution < 1.29 is 23.4 Å². The van der Waals surface area contributed by atoms with Crippen molar-refractivity contribution in [3.8, 4) is 17.1 Å². The van der Waals surface area contributed by atoms with Crippen LogP contribution in [0.4, 0.5) is 4.39 Å². The molecule has 6 heteroatoms. The van der Waals surface area contributed by atoms with Gasteiger partial charge in [-0.3, -0.25) is 4.79 Å². The van der Waals surface area contributed by atoms with E-state index in [-0.39, 0.29) is 18.9 Å². The third-order valence-electron chi connectivity index (χ3n) is 3.79. The van der Waals surface area contributed by atoms with Gasteiger partial charge < -0.3 is 19.6 Å². The maximum Gasteiger partial charge on any atom is 0.258 e. The smallest absolute Gasteiger partial charge is 0.258 e. The largest absolute Gasteiger partial charge is 0.481 e. The lowest BCUT2D eigenvalue weighted by Crippen LogP contribution is -2.32. The number of aliphatic hydroxyl groups excluding tert-OH is 1. The summed E-state index contributed by atoms with van der Waals surface area (Å²) >= 11 is 0. The number of halogens is 1. The molecule has 0 saturated carbocycles. The van der Waals surface area contributed by atoms with E-state index in [1.807, 2.05) is 18.2 Å². The normalized spacial score (nSPS) is 11.8. The Hall–Kier alpha value is -3.12. The summed E-state index contributed by atoms with van der Waals surface area (Å²) in [4.78, 5) is 11.8. The average molecular weight is 355 g/mol. The summed E-state index contributed by atoms with van der Waals surface area (Å²) in [7, 11) is 0. The van der Waals surface area contributed by atoms with Gasteiger partial charge >= 0.3 is 0 Å². The predicted molar refractivity (Wildman–Crippen MR) is 94.0 cm³/mol. The second kappa shape index (κ2) is 8.31. The second-order valence-electron chi connectivity index (χ2n) is 5.64. The lowest BCUT2D eigenvalue weighted by atomic mass is 10.1. The van der Waals surface area contributed by atoms with Crippen molar-refractivity contribution in [3.63, 3.8) is 0 Å². The van der Waals surface area contributed by atoms with Crippen LogP contribution in [0.3, 0.4) is 0 Å². The molecular weight excluding hydrogens is 337 g/mol. The Morgan fingerprint density at radius 1 is 1.12 bits per heavy atom. The molecule has 0 aliphatic rings. The third kappa shape index (κ3) is 4.49. The van der Waals surface area contributed by atoms with E-state index in [1.165, 1.54) is 18.2 Å². The predicted octanol–water partition coefficient (Wildman–Crippen LogP) is 3.31. The lowest BCUT2D eigenvalue weighted by molar-refractivity contribution is -0.123. The molecule has 1 heterocycles. The fourth-order valence-corrected chi connectivity index (χ4v) is 2.40. The summed E-state index contributed by atoms with van der Waals surface area (Å²) < 4.78 is 23.8. The molecular formula is C20H18FNO4. The number of hydrogen-bond acceptors (Lipinski definition) is 4.